The third kappa shape index (κ3) is 10.8. The highest BCUT2D eigenvalue weighted by Gasteiger charge is 2.20. The predicted molar refractivity (Wildman–Crippen MR) is 118 cm³/mol. The van der Waals surface area contributed by atoms with Crippen LogP contribution in [0, 0.1) is 0 Å². The van der Waals surface area contributed by atoms with E-state index in [4.69, 9.17) is 16.3 Å². The first kappa shape index (κ1) is 24.7. The number of alkyl halides is 1. The highest BCUT2D eigenvalue weighted by molar-refractivity contribution is 6.53. The van der Waals surface area contributed by atoms with Gasteiger partial charge in [0, 0.05) is 5.56 Å². The van der Waals surface area contributed by atoms with Crippen molar-refractivity contribution in [1.29, 1.82) is 0 Å². The van der Waals surface area contributed by atoms with Gasteiger partial charge < -0.3 is 4.74 Å². The van der Waals surface area contributed by atoms with Gasteiger partial charge in [-0.1, -0.05) is 77.6 Å². The van der Waals surface area contributed by atoms with Crippen molar-refractivity contribution >= 4 is 23.2 Å². The van der Waals surface area contributed by atoms with E-state index in [1.165, 1.54) is 77.6 Å². The van der Waals surface area contributed by atoms with Gasteiger partial charge in [0.1, 0.15) is 5.75 Å². The second kappa shape index (κ2) is 15.6. The lowest BCUT2D eigenvalue weighted by Gasteiger charge is -2.07. The van der Waals surface area contributed by atoms with Crippen LogP contribution in [0.1, 0.15) is 101 Å². The lowest BCUT2D eigenvalue weighted by atomic mass is 10.1. The molecule has 1 unspecified atom stereocenters. The van der Waals surface area contributed by atoms with Gasteiger partial charge in [-0.3, -0.25) is 9.59 Å². The maximum Gasteiger partial charge on any atom is 0.230 e. The van der Waals surface area contributed by atoms with Crippen LogP contribution in [0.2, 0.25) is 0 Å². The van der Waals surface area contributed by atoms with Gasteiger partial charge in [-0.15, -0.1) is 11.6 Å². The minimum atomic E-state index is -0.797. The van der Waals surface area contributed by atoms with E-state index in [1.54, 1.807) is 24.3 Å². The molecule has 4 heteroatoms. The van der Waals surface area contributed by atoms with Gasteiger partial charge in [-0.25, -0.2) is 0 Å². The number of rotatable bonds is 17. The van der Waals surface area contributed by atoms with Crippen molar-refractivity contribution in [1.82, 2.24) is 0 Å². The van der Waals surface area contributed by atoms with Crippen LogP contribution in [0.25, 0.3) is 0 Å². The lowest BCUT2D eigenvalue weighted by Crippen LogP contribution is -2.21. The van der Waals surface area contributed by atoms with Gasteiger partial charge >= 0.3 is 0 Å². The summed E-state index contributed by atoms with van der Waals surface area (Å²) in [6.45, 7) is 4.45. The lowest BCUT2D eigenvalue weighted by molar-refractivity contribution is -0.114. The normalized spacial score (nSPS) is 12.0. The number of ether oxygens (including phenoxy) is 1. The summed E-state index contributed by atoms with van der Waals surface area (Å²) >= 11 is 5.68. The molecule has 0 N–H and O–H groups in total. The third-order valence-corrected chi connectivity index (χ3v) is 5.17. The summed E-state index contributed by atoms with van der Waals surface area (Å²) in [7, 11) is 0. The highest BCUT2D eigenvalue weighted by Crippen LogP contribution is 2.15. The van der Waals surface area contributed by atoms with E-state index < -0.39 is 16.9 Å². The van der Waals surface area contributed by atoms with Gasteiger partial charge in [0.15, 0.2) is 0 Å². The Morgan fingerprint density at radius 3 is 1.75 bits per heavy atom. The summed E-state index contributed by atoms with van der Waals surface area (Å²) in [5.41, 5.74) is 0.357. The van der Waals surface area contributed by atoms with Crippen molar-refractivity contribution in [3.05, 3.63) is 29.8 Å². The first-order valence-electron chi connectivity index (χ1n) is 11.0. The molecule has 0 saturated heterocycles. The van der Waals surface area contributed by atoms with Gasteiger partial charge in [-0.05, 0) is 37.6 Å². The van der Waals surface area contributed by atoms with Crippen LogP contribution in [-0.2, 0) is 4.79 Å². The summed E-state index contributed by atoms with van der Waals surface area (Å²) in [4.78, 5) is 23.5. The quantitative estimate of drug-likeness (QED) is 0.119. The van der Waals surface area contributed by atoms with Crippen LogP contribution in [-0.4, -0.2) is 23.6 Å². The minimum Gasteiger partial charge on any atom is -0.494 e. The van der Waals surface area contributed by atoms with E-state index >= 15 is 0 Å². The first-order chi connectivity index (χ1) is 13.6. The SMILES string of the molecule is CCCCCCCCCCCCCCOc1ccc(C(=O)C(=O)C(C)Cl)cc1. The Morgan fingerprint density at radius 2 is 1.29 bits per heavy atom. The molecule has 0 aliphatic carbocycles. The van der Waals surface area contributed by atoms with Crippen molar-refractivity contribution in [2.45, 2.75) is 96.3 Å². The maximum atomic E-state index is 11.9. The van der Waals surface area contributed by atoms with Crippen molar-refractivity contribution in [2.75, 3.05) is 6.61 Å². The van der Waals surface area contributed by atoms with E-state index in [2.05, 4.69) is 6.92 Å². The van der Waals surface area contributed by atoms with Crippen molar-refractivity contribution < 1.29 is 14.3 Å². The van der Waals surface area contributed by atoms with E-state index in [0.717, 1.165) is 12.2 Å². The number of carbonyl (C=O) groups is 2. The second-order valence-corrected chi connectivity index (χ2v) is 8.23. The van der Waals surface area contributed by atoms with Crippen LogP contribution in [0.4, 0.5) is 0 Å². The fourth-order valence-electron chi connectivity index (χ4n) is 3.16. The van der Waals surface area contributed by atoms with Crippen molar-refractivity contribution in [3.8, 4) is 5.75 Å². The molecule has 1 aromatic rings. The Morgan fingerprint density at radius 1 is 0.821 bits per heavy atom. The standard InChI is InChI=1S/C24H37ClO3/c1-3-4-5-6-7-8-9-10-11-12-13-14-19-28-22-17-15-21(16-18-22)24(27)23(26)20(2)25/h15-18,20H,3-14,19H2,1-2H3. The molecule has 1 aromatic carbocycles. The average Bonchev–Trinajstić information content (AvgIpc) is 2.70. The average molecular weight is 409 g/mol. The molecule has 1 rings (SSSR count). The van der Waals surface area contributed by atoms with Crippen molar-refractivity contribution in [3.63, 3.8) is 0 Å². The molecule has 0 saturated carbocycles. The molecule has 1 atom stereocenters. The van der Waals surface area contributed by atoms with Crippen LogP contribution < -0.4 is 4.74 Å². The van der Waals surface area contributed by atoms with Crippen LogP contribution in [0.3, 0.4) is 0 Å². The topological polar surface area (TPSA) is 43.4 Å². The number of unbranched alkanes of at least 4 members (excludes halogenated alkanes) is 11. The molecule has 158 valence electrons. The number of ketones is 2. The Kier molecular flexibility index (Phi) is 13.7. The number of benzene rings is 1. The largest absolute Gasteiger partial charge is 0.494 e. The summed E-state index contributed by atoms with van der Waals surface area (Å²) in [5.74, 6) is -0.396. The number of Topliss-reactive ketones (excluding diaryl/α,β-unsaturated/α-hetero) is 2. The fraction of sp³-hybridized carbons (Fsp3) is 0.667. The Bertz CT molecular complexity index is 551. The minimum absolute atomic E-state index is 0.357. The number of hydrogen-bond donors (Lipinski definition) is 0. The number of carbonyl (C=O) groups excluding carboxylic acids is 2. The van der Waals surface area contributed by atoms with E-state index in [0.29, 0.717) is 12.2 Å². The Labute approximate surface area is 176 Å². The maximum absolute atomic E-state index is 11.9. The fourth-order valence-corrected chi connectivity index (χ4v) is 3.26. The van der Waals surface area contributed by atoms with Crippen LogP contribution >= 0.6 is 11.6 Å². The zero-order chi connectivity index (χ0) is 20.6. The van der Waals surface area contributed by atoms with Gasteiger partial charge in [0.25, 0.3) is 0 Å². The molecule has 0 aromatic heterocycles. The second-order valence-electron chi connectivity index (χ2n) is 7.57. The zero-order valence-corrected chi connectivity index (χ0v) is 18.4. The van der Waals surface area contributed by atoms with Crippen LogP contribution in [0.15, 0.2) is 24.3 Å². The van der Waals surface area contributed by atoms with Gasteiger partial charge in [0.05, 0.1) is 12.0 Å². The summed E-state index contributed by atoms with van der Waals surface area (Å²) in [6.07, 6.45) is 15.9. The zero-order valence-electron chi connectivity index (χ0n) is 17.7. The van der Waals surface area contributed by atoms with E-state index in [9.17, 15) is 9.59 Å². The molecule has 0 heterocycles. The molecule has 3 nitrogen and oxygen atoms in total. The molecular formula is C24H37ClO3. The molecule has 0 aliphatic rings. The van der Waals surface area contributed by atoms with E-state index in [-0.39, 0.29) is 0 Å². The van der Waals surface area contributed by atoms with Crippen molar-refractivity contribution in [2.24, 2.45) is 0 Å². The highest BCUT2D eigenvalue weighted by atomic mass is 35.5. The molecule has 0 bridgehead atoms. The molecule has 0 spiro atoms. The van der Waals surface area contributed by atoms with E-state index in [1.807, 2.05) is 0 Å². The first-order valence-corrected chi connectivity index (χ1v) is 11.5. The molecule has 0 amide bonds. The summed E-state index contributed by atoms with van der Waals surface area (Å²) in [6, 6.07) is 6.72. The third-order valence-electron chi connectivity index (χ3n) is 4.97. The summed E-state index contributed by atoms with van der Waals surface area (Å²) < 4.78 is 5.72. The Balaban J connectivity index is 2.03. The van der Waals surface area contributed by atoms with Gasteiger partial charge in [-0.2, -0.15) is 0 Å². The Hall–Kier alpha value is -1.35. The molecular weight excluding hydrogens is 372 g/mol. The monoisotopic (exact) mass is 408 g/mol. The molecule has 0 aliphatic heterocycles. The molecule has 28 heavy (non-hydrogen) atoms. The predicted octanol–water partition coefficient (Wildman–Crippen LogP) is 7.15. The molecule has 0 radical (unpaired) electrons. The number of hydrogen-bond acceptors (Lipinski definition) is 3. The van der Waals surface area contributed by atoms with Gasteiger partial charge in [0.2, 0.25) is 11.6 Å². The molecule has 0 fully saturated rings. The smallest absolute Gasteiger partial charge is 0.230 e. The van der Waals surface area contributed by atoms with Crippen LogP contribution in [0.5, 0.6) is 5.75 Å². The number of halogens is 1. The summed E-state index contributed by atoms with van der Waals surface area (Å²) in [5, 5.41) is -0.797.